The zero-order chi connectivity index (χ0) is 13.7. The Labute approximate surface area is 114 Å². The van der Waals surface area contributed by atoms with Gasteiger partial charge in [-0.2, -0.15) is 14.0 Å². The maximum absolute atomic E-state index is 12.4. The molecule has 2 aromatic carbocycles. The Bertz CT molecular complexity index is 591. The van der Waals surface area contributed by atoms with Gasteiger partial charge in [0.15, 0.2) is 0 Å². The predicted molar refractivity (Wildman–Crippen MR) is 72.7 cm³/mol. The van der Waals surface area contributed by atoms with E-state index < -0.39 is 5.76 Å². The summed E-state index contributed by atoms with van der Waals surface area (Å²) in [4.78, 5) is 0.488. The summed E-state index contributed by atoms with van der Waals surface area (Å²) in [5.41, 5.74) is 1.93. The Morgan fingerprint density at radius 1 is 1.05 bits per heavy atom. The first-order valence-electron chi connectivity index (χ1n) is 5.50. The van der Waals surface area contributed by atoms with Crippen LogP contribution in [-0.4, -0.2) is 5.76 Å². The highest BCUT2D eigenvalue weighted by atomic mass is 32.2. The van der Waals surface area contributed by atoms with E-state index in [4.69, 9.17) is 5.26 Å². The Kier molecular flexibility index (Phi) is 4.37. The summed E-state index contributed by atoms with van der Waals surface area (Å²) >= 11 is 0.504. The molecule has 0 aliphatic rings. The zero-order valence-electron chi connectivity index (χ0n) is 9.81. The molecule has 1 N–H and O–H groups in total. The molecular weight excluding hydrogens is 266 g/mol. The lowest BCUT2D eigenvalue weighted by atomic mass is 10.2. The quantitative estimate of drug-likeness (QED) is 0.828. The highest BCUT2D eigenvalue weighted by Gasteiger charge is 2.09. The predicted octanol–water partition coefficient (Wildman–Crippen LogP) is 4.62. The number of para-hydroxylation sites is 1. The van der Waals surface area contributed by atoms with Crippen molar-refractivity contribution >= 4 is 23.1 Å². The summed E-state index contributed by atoms with van der Waals surface area (Å²) in [6.07, 6.45) is 0. The number of nitrogens with zero attached hydrogens (tertiary/aromatic N) is 1. The van der Waals surface area contributed by atoms with Crippen LogP contribution in [0.15, 0.2) is 53.4 Å². The SMILES string of the molecule is N#Cc1ccc(Nc2ccccc2SC(F)F)cc1. The Morgan fingerprint density at radius 2 is 1.74 bits per heavy atom. The number of alkyl halides is 2. The monoisotopic (exact) mass is 276 g/mol. The molecule has 2 rings (SSSR count). The molecule has 0 fully saturated rings. The van der Waals surface area contributed by atoms with Gasteiger partial charge in [0.2, 0.25) is 0 Å². The molecule has 96 valence electrons. The van der Waals surface area contributed by atoms with E-state index in [-0.39, 0.29) is 0 Å². The molecule has 0 aliphatic heterocycles. The van der Waals surface area contributed by atoms with Crippen molar-refractivity contribution in [2.75, 3.05) is 5.32 Å². The van der Waals surface area contributed by atoms with Crippen LogP contribution >= 0.6 is 11.8 Å². The molecular formula is C14H10F2N2S. The molecule has 0 radical (unpaired) electrons. The van der Waals surface area contributed by atoms with Crippen LogP contribution in [0.3, 0.4) is 0 Å². The molecule has 0 heterocycles. The van der Waals surface area contributed by atoms with Crippen molar-refractivity contribution in [1.29, 1.82) is 5.26 Å². The second kappa shape index (κ2) is 6.21. The van der Waals surface area contributed by atoms with Gasteiger partial charge in [-0.25, -0.2) is 0 Å². The molecule has 0 atom stereocenters. The first kappa shape index (κ1) is 13.4. The van der Waals surface area contributed by atoms with Gasteiger partial charge in [-0.1, -0.05) is 23.9 Å². The van der Waals surface area contributed by atoms with Crippen LogP contribution < -0.4 is 5.32 Å². The van der Waals surface area contributed by atoms with Crippen LogP contribution in [0, 0.1) is 11.3 Å². The molecule has 0 aliphatic carbocycles. The third kappa shape index (κ3) is 3.70. The van der Waals surface area contributed by atoms with Crippen LogP contribution in [0.4, 0.5) is 20.2 Å². The molecule has 5 heteroatoms. The minimum atomic E-state index is -2.45. The number of rotatable bonds is 4. The summed E-state index contributed by atoms with van der Waals surface area (Å²) in [7, 11) is 0. The molecule has 0 bridgehead atoms. The summed E-state index contributed by atoms with van der Waals surface area (Å²) < 4.78 is 24.9. The summed E-state index contributed by atoms with van der Waals surface area (Å²) in [6, 6.07) is 15.7. The summed E-state index contributed by atoms with van der Waals surface area (Å²) in [5.74, 6) is -2.45. The van der Waals surface area contributed by atoms with Gasteiger partial charge in [-0.15, -0.1) is 0 Å². The fourth-order valence-corrected chi connectivity index (χ4v) is 2.15. The highest BCUT2D eigenvalue weighted by molar-refractivity contribution is 7.99. The average molecular weight is 276 g/mol. The van der Waals surface area contributed by atoms with Crippen LogP contribution in [0.5, 0.6) is 0 Å². The van der Waals surface area contributed by atoms with Gasteiger partial charge in [0.25, 0.3) is 5.76 Å². The van der Waals surface area contributed by atoms with Crippen LogP contribution in [0.2, 0.25) is 0 Å². The van der Waals surface area contributed by atoms with E-state index in [0.29, 0.717) is 27.9 Å². The van der Waals surface area contributed by atoms with E-state index in [1.54, 1.807) is 48.5 Å². The number of hydrogen-bond acceptors (Lipinski definition) is 3. The third-order valence-corrected chi connectivity index (χ3v) is 3.18. The third-order valence-electron chi connectivity index (χ3n) is 2.40. The van der Waals surface area contributed by atoms with Crippen molar-refractivity contribution in [1.82, 2.24) is 0 Å². The number of nitriles is 1. The fraction of sp³-hybridized carbons (Fsp3) is 0.0714. The van der Waals surface area contributed by atoms with E-state index in [9.17, 15) is 8.78 Å². The number of thioether (sulfide) groups is 1. The lowest BCUT2D eigenvalue weighted by Gasteiger charge is -2.11. The van der Waals surface area contributed by atoms with Crippen molar-refractivity contribution in [3.8, 4) is 6.07 Å². The minimum absolute atomic E-state index is 0.488. The maximum atomic E-state index is 12.4. The molecule has 0 spiro atoms. The summed E-state index contributed by atoms with van der Waals surface area (Å²) in [6.45, 7) is 0. The van der Waals surface area contributed by atoms with Crippen molar-refractivity contribution in [3.63, 3.8) is 0 Å². The fourth-order valence-electron chi connectivity index (χ4n) is 1.55. The average Bonchev–Trinajstić information content (AvgIpc) is 2.41. The molecule has 2 nitrogen and oxygen atoms in total. The number of hydrogen-bond donors (Lipinski definition) is 1. The molecule has 0 aromatic heterocycles. The topological polar surface area (TPSA) is 35.8 Å². The normalized spacial score (nSPS) is 10.2. The van der Waals surface area contributed by atoms with Gasteiger partial charge in [0.05, 0.1) is 17.3 Å². The van der Waals surface area contributed by atoms with Crippen LogP contribution in [0.25, 0.3) is 0 Å². The number of nitrogens with one attached hydrogen (secondary N) is 1. The number of anilines is 2. The number of benzene rings is 2. The lowest BCUT2D eigenvalue weighted by Crippen LogP contribution is -1.93. The van der Waals surface area contributed by atoms with E-state index in [1.165, 1.54) is 0 Å². The van der Waals surface area contributed by atoms with Gasteiger partial charge >= 0.3 is 0 Å². The molecule has 2 aromatic rings. The van der Waals surface area contributed by atoms with Crippen molar-refractivity contribution in [2.24, 2.45) is 0 Å². The molecule has 0 amide bonds. The van der Waals surface area contributed by atoms with Crippen molar-refractivity contribution < 1.29 is 8.78 Å². The standard InChI is InChI=1S/C14H10F2N2S/c15-14(16)19-13-4-2-1-3-12(13)18-11-7-5-10(9-17)6-8-11/h1-8,14,18H. The van der Waals surface area contributed by atoms with Gasteiger partial charge in [-0.05, 0) is 36.4 Å². The van der Waals surface area contributed by atoms with Crippen LogP contribution in [-0.2, 0) is 0 Å². The summed E-state index contributed by atoms with van der Waals surface area (Å²) in [5, 5.41) is 11.8. The first-order chi connectivity index (χ1) is 9.19. The molecule has 0 unspecified atom stereocenters. The largest absolute Gasteiger partial charge is 0.355 e. The Hall–Kier alpha value is -2.06. The minimum Gasteiger partial charge on any atom is -0.355 e. The van der Waals surface area contributed by atoms with Gasteiger partial charge in [-0.3, -0.25) is 0 Å². The Balaban J connectivity index is 2.20. The van der Waals surface area contributed by atoms with Gasteiger partial charge < -0.3 is 5.32 Å². The van der Waals surface area contributed by atoms with E-state index in [1.807, 2.05) is 6.07 Å². The van der Waals surface area contributed by atoms with Crippen molar-refractivity contribution in [3.05, 3.63) is 54.1 Å². The molecule has 19 heavy (non-hydrogen) atoms. The zero-order valence-corrected chi connectivity index (χ0v) is 10.6. The van der Waals surface area contributed by atoms with E-state index in [0.717, 1.165) is 5.69 Å². The first-order valence-corrected chi connectivity index (χ1v) is 6.38. The smallest absolute Gasteiger partial charge is 0.288 e. The molecule has 0 saturated heterocycles. The highest BCUT2D eigenvalue weighted by Crippen LogP contribution is 2.33. The molecule has 0 saturated carbocycles. The Morgan fingerprint density at radius 3 is 2.37 bits per heavy atom. The van der Waals surface area contributed by atoms with Crippen molar-refractivity contribution in [2.45, 2.75) is 10.7 Å². The van der Waals surface area contributed by atoms with Gasteiger partial charge in [0, 0.05) is 10.6 Å². The van der Waals surface area contributed by atoms with Gasteiger partial charge in [0.1, 0.15) is 0 Å². The second-order valence-corrected chi connectivity index (χ2v) is 4.72. The maximum Gasteiger partial charge on any atom is 0.288 e. The number of halogens is 2. The van der Waals surface area contributed by atoms with Crippen LogP contribution in [0.1, 0.15) is 5.56 Å². The van der Waals surface area contributed by atoms with E-state index >= 15 is 0 Å². The second-order valence-electron chi connectivity index (χ2n) is 3.69. The van der Waals surface area contributed by atoms with E-state index in [2.05, 4.69) is 5.32 Å². The lowest BCUT2D eigenvalue weighted by molar-refractivity contribution is 0.252.